The zero-order valence-corrected chi connectivity index (χ0v) is 20.8. The Kier molecular flexibility index (Phi) is 9.87. The predicted molar refractivity (Wildman–Crippen MR) is 138 cm³/mol. The van der Waals surface area contributed by atoms with Gasteiger partial charge in [0.05, 0.1) is 12.7 Å². The van der Waals surface area contributed by atoms with Crippen molar-refractivity contribution in [1.82, 2.24) is 0 Å². The lowest BCUT2D eigenvalue weighted by molar-refractivity contribution is 0.282. The molecule has 0 amide bonds. The molecule has 3 rings (SSSR count). The molecule has 0 spiro atoms. The third-order valence-electron chi connectivity index (χ3n) is 6.45. The van der Waals surface area contributed by atoms with Crippen LogP contribution in [0.5, 0.6) is 28.7 Å². The lowest BCUT2D eigenvalue weighted by atomic mass is 9.98. The first-order chi connectivity index (χ1) is 17.4. The molecule has 5 N–H and O–H groups in total. The van der Waals surface area contributed by atoms with Gasteiger partial charge in [-0.25, -0.2) is 0 Å². The number of methoxy groups -OCH3 is 1. The number of hydrogen-bond donors (Lipinski definition) is 5. The molecule has 0 aliphatic carbocycles. The van der Waals surface area contributed by atoms with Crippen molar-refractivity contribution in [1.29, 1.82) is 0 Å². The second-order valence-electron chi connectivity index (χ2n) is 9.13. The van der Waals surface area contributed by atoms with Crippen molar-refractivity contribution in [2.24, 2.45) is 0 Å². The second kappa shape index (κ2) is 13.1. The van der Waals surface area contributed by atoms with Crippen molar-refractivity contribution in [3.05, 3.63) is 40.1 Å². The van der Waals surface area contributed by atoms with Crippen LogP contribution < -0.4 is 10.2 Å². The van der Waals surface area contributed by atoms with Crippen molar-refractivity contribution in [3.8, 4) is 40.1 Å². The quantitative estimate of drug-likeness (QED) is 0.107. The molecule has 1 aromatic heterocycles. The molecule has 8 heteroatoms. The molecular formula is C28H36O8. The van der Waals surface area contributed by atoms with Crippen LogP contribution in [0, 0.1) is 0 Å². The van der Waals surface area contributed by atoms with Crippen LogP contribution in [0.25, 0.3) is 22.3 Å². The maximum atomic E-state index is 13.4. The van der Waals surface area contributed by atoms with Gasteiger partial charge in [-0.15, -0.1) is 0 Å². The van der Waals surface area contributed by atoms with E-state index in [4.69, 9.17) is 14.3 Å². The SMILES string of the molecule is COc1cc(O)c2c(=O)c(CCCCCCCCCCCCO)c(-c3cc(O)c(O)cc3O)oc2c1. The average Bonchev–Trinajstić information content (AvgIpc) is 2.85. The van der Waals surface area contributed by atoms with Crippen molar-refractivity contribution in [2.45, 2.75) is 70.6 Å². The predicted octanol–water partition coefficient (Wildman–Crippen LogP) is 5.73. The highest BCUT2D eigenvalue weighted by Crippen LogP contribution is 2.41. The lowest BCUT2D eigenvalue weighted by Crippen LogP contribution is -2.12. The number of unbranched alkanes of at least 4 members (excludes halogenated alkanes) is 9. The van der Waals surface area contributed by atoms with Crippen LogP contribution in [0.3, 0.4) is 0 Å². The summed E-state index contributed by atoms with van der Waals surface area (Å²) in [7, 11) is 1.43. The van der Waals surface area contributed by atoms with E-state index in [1.165, 1.54) is 32.1 Å². The highest BCUT2D eigenvalue weighted by Gasteiger charge is 2.22. The summed E-state index contributed by atoms with van der Waals surface area (Å²) in [6.07, 6.45) is 10.7. The number of aliphatic hydroxyl groups excluding tert-OH is 1. The van der Waals surface area contributed by atoms with E-state index in [9.17, 15) is 25.2 Å². The highest BCUT2D eigenvalue weighted by atomic mass is 16.5. The Morgan fingerprint density at radius 2 is 1.31 bits per heavy atom. The Balaban J connectivity index is 1.79. The Bertz CT molecular complexity index is 1210. The molecule has 0 unspecified atom stereocenters. The van der Waals surface area contributed by atoms with Gasteiger partial charge in [-0.1, -0.05) is 51.4 Å². The zero-order valence-electron chi connectivity index (χ0n) is 20.8. The number of aromatic hydroxyl groups is 4. The smallest absolute Gasteiger partial charge is 0.200 e. The Hall–Kier alpha value is -3.39. The first-order valence-corrected chi connectivity index (χ1v) is 12.6. The molecule has 0 bridgehead atoms. The molecule has 3 aromatic rings. The largest absolute Gasteiger partial charge is 0.507 e. The van der Waals surface area contributed by atoms with E-state index in [0.29, 0.717) is 18.6 Å². The zero-order chi connectivity index (χ0) is 26.1. The third kappa shape index (κ3) is 6.63. The van der Waals surface area contributed by atoms with Gasteiger partial charge < -0.3 is 34.7 Å². The molecule has 1 heterocycles. The summed E-state index contributed by atoms with van der Waals surface area (Å²) in [6, 6.07) is 4.96. The van der Waals surface area contributed by atoms with Crippen LogP contribution in [0.2, 0.25) is 0 Å². The molecule has 0 radical (unpaired) electrons. The molecule has 0 saturated heterocycles. The maximum Gasteiger partial charge on any atom is 0.200 e. The van der Waals surface area contributed by atoms with Crippen LogP contribution in [-0.4, -0.2) is 39.2 Å². The van der Waals surface area contributed by atoms with E-state index < -0.39 is 16.9 Å². The van der Waals surface area contributed by atoms with E-state index in [0.717, 1.165) is 57.1 Å². The highest BCUT2D eigenvalue weighted by molar-refractivity contribution is 5.88. The van der Waals surface area contributed by atoms with Crippen molar-refractivity contribution >= 4 is 11.0 Å². The molecular weight excluding hydrogens is 464 g/mol. The second-order valence-corrected chi connectivity index (χ2v) is 9.13. The van der Waals surface area contributed by atoms with E-state index in [1.54, 1.807) is 0 Å². The number of hydrogen-bond acceptors (Lipinski definition) is 8. The van der Waals surface area contributed by atoms with Crippen LogP contribution in [-0.2, 0) is 6.42 Å². The van der Waals surface area contributed by atoms with Crippen molar-refractivity contribution in [2.75, 3.05) is 13.7 Å². The summed E-state index contributed by atoms with van der Waals surface area (Å²) in [5.74, 6) is -1.18. The van der Waals surface area contributed by atoms with Gasteiger partial charge in [0, 0.05) is 30.4 Å². The van der Waals surface area contributed by atoms with E-state index in [1.807, 2.05) is 0 Å². The number of fused-ring (bicyclic) bond motifs is 1. The summed E-state index contributed by atoms with van der Waals surface area (Å²) in [6.45, 7) is 0.263. The fourth-order valence-corrected chi connectivity index (χ4v) is 4.45. The summed E-state index contributed by atoms with van der Waals surface area (Å²) >= 11 is 0. The molecule has 0 saturated carbocycles. The molecule has 0 aliphatic rings. The van der Waals surface area contributed by atoms with Gasteiger partial charge in [-0.3, -0.25) is 4.79 Å². The van der Waals surface area contributed by atoms with Gasteiger partial charge in [0.1, 0.15) is 34.0 Å². The normalized spacial score (nSPS) is 11.3. The minimum atomic E-state index is -0.492. The number of aliphatic hydroxyl groups is 1. The van der Waals surface area contributed by atoms with E-state index in [-0.39, 0.29) is 46.0 Å². The van der Waals surface area contributed by atoms with Gasteiger partial charge in [0.25, 0.3) is 0 Å². The van der Waals surface area contributed by atoms with Crippen LogP contribution in [0.15, 0.2) is 33.5 Å². The van der Waals surface area contributed by atoms with E-state index in [2.05, 4.69) is 0 Å². The van der Waals surface area contributed by atoms with Crippen molar-refractivity contribution < 1.29 is 34.7 Å². The van der Waals surface area contributed by atoms with Gasteiger partial charge >= 0.3 is 0 Å². The molecule has 2 aromatic carbocycles. The summed E-state index contributed by atoms with van der Waals surface area (Å²) in [4.78, 5) is 13.4. The van der Waals surface area contributed by atoms with Gasteiger partial charge in [0.15, 0.2) is 16.9 Å². The van der Waals surface area contributed by atoms with Crippen molar-refractivity contribution in [3.63, 3.8) is 0 Å². The van der Waals surface area contributed by atoms with Crippen LogP contribution >= 0.6 is 0 Å². The summed E-state index contributed by atoms with van der Waals surface area (Å²) < 4.78 is 11.2. The van der Waals surface area contributed by atoms with Gasteiger partial charge in [-0.05, 0) is 25.3 Å². The number of rotatable bonds is 14. The molecule has 196 valence electrons. The topological polar surface area (TPSA) is 141 Å². The Morgan fingerprint density at radius 3 is 1.92 bits per heavy atom. The van der Waals surface area contributed by atoms with Crippen LogP contribution in [0.4, 0.5) is 0 Å². The summed E-state index contributed by atoms with van der Waals surface area (Å²) in [5, 5.41) is 49.5. The molecule has 0 aliphatic heterocycles. The molecule has 0 fully saturated rings. The molecule has 0 atom stereocenters. The third-order valence-corrected chi connectivity index (χ3v) is 6.45. The molecule has 8 nitrogen and oxygen atoms in total. The van der Waals surface area contributed by atoms with Gasteiger partial charge in [0.2, 0.25) is 0 Å². The fraction of sp³-hybridized carbons (Fsp3) is 0.464. The Labute approximate surface area is 210 Å². The van der Waals surface area contributed by atoms with E-state index >= 15 is 0 Å². The first kappa shape index (κ1) is 27.2. The lowest BCUT2D eigenvalue weighted by Gasteiger charge is -2.13. The maximum absolute atomic E-state index is 13.4. The fourth-order valence-electron chi connectivity index (χ4n) is 4.45. The standard InChI is InChI=1S/C28H36O8/c1-35-18-14-24(33)26-25(15-18)36-28(20-16-22(31)23(32)17-21(20)30)19(27(26)34)12-10-8-6-4-2-3-5-7-9-11-13-29/h14-17,29-33H,2-13H2,1H3. The average molecular weight is 501 g/mol. The van der Waals surface area contributed by atoms with Gasteiger partial charge in [-0.2, -0.15) is 0 Å². The number of phenolic OH excluding ortho intramolecular Hbond substituents is 4. The minimum Gasteiger partial charge on any atom is -0.507 e. The molecule has 36 heavy (non-hydrogen) atoms. The summed E-state index contributed by atoms with van der Waals surface area (Å²) in [5.41, 5.74) is 0.0258. The number of phenols is 4. The monoisotopic (exact) mass is 500 g/mol. The Morgan fingerprint density at radius 1 is 0.722 bits per heavy atom. The number of ether oxygens (including phenoxy) is 1. The number of benzene rings is 2. The first-order valence-electron chi connectivity index (χ1n) is 12.6. The van der Waals surface area contributed by atoms with Crippen LogP contribution in [0.1, 0.15) is 69.8 Å². The minimum absolute atomic E-state index is 0.0261.